The smallest absolute Gasteiger partial charge is 0.119 e. The summed E-state index contributed by atoms with van der Waals surface area (Å²) in [4.78, 5) is 1.24. The molecule has 0 bridgehead atoms. The van der Waals surface area contributed by atoms with Crippen LogP contribution in [0.25, 0.3) is 11.1 Å². The van der Waals surface area contributed by atoms with Gasteiger partial charge in [-0.15, -0.1) is 11.3 Å². The maximum atomic E-state index is 6.07. The Morgan fingerprint density at radius 3 is 2.06 bits per heavy atom. The highest BCUT2D eigenvalue weighted by Gasteiger charge is 2.12. The third kappa shape index (κ3) is 2.15. The van der Waals surface area contributed by atoms with Crippen LogP contribution in [-0.2, 0) is 0 Å². The Labute approximate surface area is 106 Å². The summed E-state index contributed by atoms with van der Waals surface area (Å²) in [5, 5.41) is 0.888. The standard InChI is InChI=1S/C14H17NOS/c1-8-5-11(16-4)6-9(2)13(8)12-7-10(3)17-14(12)15/h5-7H,15H2,1-4H3. The second-order valence-electron chi connectivity index (χ2n) is 4.27. The molecule has 1 aromatic heterocycles. The van der Waals surface area contributed by atoms with E-state index in [1.165, 1.54) is 21.6 Å². The average Bonchev–Trinajstić information content (AvgIpc) is 2.57. The van der Waals surface area contributed by atoms with Crippen molar-refractivity contribution >= 4 is 16.3 Å². The fourth-order valence-corrected chi connectivity index (χ4v) is 2.99. The van der Waals surface area contributed by atoms with E-state index in [2.05, 4.69) is 39.0 Å². The molecule has 90 valence electrons. The Morgan fingerprint density at radius 2 is 1.65 bits per heavy atom. The molecule has 0 saturated carbocycles. The fraction of sp³-hybridized carbons (Fsp3) is 0.286. The van der Waals surface area contributed by atoms with Gasteiger partial charge in [-0.05, 0) is 55.7 Å². The van der Waals surface area contributed by atoms with Gasteiger partial charge in [-0.3, -0.25) is 0 Å². The number of hydrogen-bond acceptors (Lipinski definition) is 3. The predicted molar refractivity (Wildman–Crippen MR) is 74.9 cm³/mol. The summed E-state index contributed by atoms with van der Waals surface area (Å²) in [6.07, 6.45) is 0. The van der Waals surface area contributed by atoms with Crippen molar-refractivity contribution in [2.45, 2.75) is 20.8 Å². The number of aryl methyl sites for hydroxylation is 3. The molecule has 0 spiro atoms. The Balaban J connectivity index is 2.63. The third-order valence-corrected chi connectivity index (χ3v) is 3.77. The summed E-state index contributed by atoms with van der Waals surface area (Å²) in [5.41, 5.74) is 10.8. The Bertz CT molecular complexity index is 534. The van der Waals surface area contributed by atoms with Crippen molar-refractivity contribution in [3.8, 4) is 16.9 Å². The zero-order valence-corrected chi connectivity index (χ0v) is 11.4. The number of hydrogen-bond donors (Lipinski definition) is 1. The number of benzene rings is 1. The largest absolute Gasteiger partial charge is 0.497 e. The topological polar surface area (TPSA) is 35.2 Å². The van der Waals surface area contributed by atoms with E-state index >= 15 is 0 Å². The van der Waals surface area contributed by atoms with Crippen LogP contribution in [0.15, 0.2) is 18.2 Å². The Hall–Kier alpha value is -1.48. The molecule has 2 N–H and O–H groups in total. The van der Waals surface area contributed by atoms with E-state index in [1.54, 1.807) is 18.4 Å². The molecule has 1 heterocycles. The minimum atomic E-state index is 0.888. The molecule has 0 aliphatic carbocycles. The first-order valence-electron chi connectivity index (χ1n) is 5.54. The van der Waals surface area contributed by atoms with Gasteiger partial charge in [-0.1, -0.05) is 0 Å². The number of nitrogen functional groups attached to an aromatic ring is 1. The number of anilines is 1. The van der Waals surface area contributed by atoms with Crippen molar-refractivity contribution in [3.05, 3.63) is 34.2 Å². The molecular weight excluding hydrogens is 230 g/mol. The molecule has 0 amide bonds. The molecule has 1 aromatic carbocycles. The van der Waals surface area contributed by atoms with Gasteiger partial charge in [0.25, 0.3) is 0 Å². The van der Waals surface area contributed by atoms with Crippen molar-refractivity contribution in [1.82, 2.24) is 0 Å². The summed E-state index contributed by atoms with van der Waals surface area (Å²) in [6, 6.07) is 6.26. The summed E-state index contributed by atoms with van der Waals surface area (Å²) < 4.78 is 5.27. The number of nitrogens with two attached hydrogens (primary N) is 1. The lowest BCUT2D eigenvalue weighted by atomic mass is 9.96. The number of methoxy groups -OCH3 is 1. The van der Waals surface area contributed by atoms with E-state index in [-0.39, 0.29) is 0 Å². The van der Waals surface area contributed by atoms with Crippen LogP contribution in [0.4, 0.5) is 5.00 Å². The van der Waals surface area contributed by atoms with E-state index in [0.29, 0.717) is 0 Å². The van der Waals surface area contributed by atoms with Gasteiger partial charge in [-0.2, -0.15) is 0 Å². The molecule has 0 unspecified atom stereocenters. The third-order valence-electron chi connectivity index (χ3n) is 2.90. The molecule has 2 rings (SSSR count). The van der Waals surface area contributed by atoms with Crippen molar-refractivity contribution in [3.63, 3.8) is 0 Å². The van der Waals surface area contributed by atoms with Crippen LogP contribution in [0.2, 0.25) is 0 Å². The predicted octanol–water partition coefficient (Wildman–Crippen LogP) is 3.93. The molecule has 0 aliphatic rings. The first-order chi connectivity index (χ1) is 8.02. The van der Waals surface area contributed by atoms with Crippen LogP contribution in [-0.4, -0.2) is 7.11 Å². The van der Waals surface area contributed by atoms with Crippen LogP contribution in [0.5, 0.6) is 5.75 Å². The van der Waals surface area contributed by atoms with Crippen LogP contribution in [0.3, 0.4) is 0 Å². The van der Waals surface area contributed by atoms with Gasteiger partial charge in [0.2, 0.25) is 0 Å². The van der Waals surface area contributed by atoms with E-state index in [4.69, 9.17) is 10.5 Å². The monoisotopic (exact) mass is 247 g/mol. The lowest BCUT2D eigenvalue weighted by Crippen LogP contribution is -1.93. The summed E-state index contributed by atoms with van der Waals surface area (Å²) >= 11 is 1.64. The number of ether oxygens (including phenoxy) is 1. The van der Waals surface area contributed by atoms with Gasteiger partial charge in [0.15, 0.2) is 0 Å². The van der Waals surface area contributed by atoms with Gasteiger partial charge >= 0.3 is 0 Å². The van der Waals surface area contributed by atoms with Crippen molar-refractivity contribution in [1.29, 1.82) is 0 Å². The maximum absolute atomic E-state index is 6.07. The minimum Gasteiger partial charge on any atom is -0.497 e. The zero-order chi connectivity index (χ0) is 12.6. The Morgan fingerprint density at radius 1 is 1.06 bits per heavy atom. The summed E-state index contributed by atoms with van der Waals surface area (Å²) in [7, 11) is 1.69. The lowest BCUT2D eigenvalue weighted by molar-refractivity contribution is 0.414. The van der Waals surface area contributed by atoms with Crippen LogP contribution in [0.1, 0.15) is 16.0 Å². The van der Waals surface area contributed by atoms with E-state index in [0.717, 1.165) is 16.3 Å². The first-order valence-corrected chi connectivity index (χ1v) is 6.36. The number of rotatable bonds is 2. The molecule has 0 atom stereocenters. The van der Waals surface area contributed by atoms with Crippen molar-refractivity contribution in [2.24, 2.45) is 0 Å². The van der Waals surface area contributed by atoms with Crippen LogP contribution < -0.4 is 10.5 Å². The molecule has 0 aliphatic heterocycles. The van der Waals surface area contributed by atoms with E-state index in [9.17, 15) is 0 Å². The fourth-order valence-electron chi connectivity index (χ4n) is 2.19. The second-order valence-corrected chi connectivity index (χ2v) is 5.56. The molecule has 3 heteroatoms. The maximum Gasteiger partial charge on any atom is 0.119 e. The molecule has 0 saturated heterocycles. The van der Waals surface area contributed by atoms with Crippen molar-refractivity contribution < 1.29 is 4.74 Å². The van der Waals surface area contributed by atoms with Crippen LogP contribution >= 0.6 is 11.3 Å². The summed E-state index contributed by atoms with van der Waals surface area (Å²) in [5.74, 6) is 0.897. The molecule has 0 fully saturated rings. The van der Waals surface area contributed by atoms with Gasteiger partial charge in [-0.25, -0.2) is 0 Å². The highest BCUT2D eigenvalue weighted by molar-refractivity contribution is 7.16. The molecule has 17 heavy (non-hydrogen) atoms. The molecular formula is C14H17NOS. The molecule has 2 nitrogen and oxygen atoms in total. The normalized spacial score (nSPS) is 10.6. The van der Waals surface area contributed by atoms with Crippen LogP contribution in [0, 0.1) is 20.8 Å². The lowest BCUT2D eigenvalue weighted by Gasteiger charge is -2.11. The van der Waals surface area contributed by atoms with Gasteiger partial charge in [0.1, 0.15) is 5.75 Å². The second kappa shape index (κ2) is 4.41. The average molecular weight is 247 g/mol. The number of thiophene rings is 1. The SMILES string of the molecule is COc1cc(C)c(-c2cc(C)sc2N)c(C)c1. The Kier molecular flexibility index (Phi) is 3.11. The van der Waals surface area contributed by atoms with Crippen molar-refractivity contribution in [2.75, 3.05) is 12.8 Å². The first kappa shape index (κ1) is 12.0. The molecule has 2 aromatic rings. The summed E-state index contributed by atoms with van der Waals surface area (Å²) in [6.45, 7) is 6.27. The van der Waals surface area contributed by atoms with E-state index in [1.807, 2.05) is 0 Å². The minimum absolute atomic E-state index is 0.888. The van der Waals surface area contributed by atoms with Gasteiger partial charge in [0.05, 0.1) is 12.1 Å². The quantitative estimate of drug-likeness (QED) is 0.872. The van der Waals surface area contributed by atoms with E-state index < -0.39 is 0 Å². The van der Waals surface area contributed by atoms with Gasteiger partial charge in [0, 0.05) is 10.4 Å². The highest BCUT2D eigenvalue weighted by Crippen LogP contribution is 2.38. The molecule has 0 radical (unpaired) electrons. The highest BCUT2D eigenvalue weighted by atomic mass is 32.1. The van der Waals surface area contributed by atoms with Gasteiger partial charge < -0.3 is 10.5 Å². The zero-order valence-electron chi connectivity index (χ0n) is 10.6.